The van der Waals surface area contributed by atoms with Gasteiger partial charge in [0, 0.05) is 29.8 Å². The smallest absolute Gasteiger partial charge is 0.128 e. The van der Waals surface area contributed by atoms with Crippen molar-refractivity contribution in [2.24, 2.45) is 0 Å². The van der Waals surface area contributed by atoms with Crippen LogP contribution in [0.4, 0.5) is 0 Å². The lowest BCUT2D eigenvalue weighted by atomic mass is 10.2. The standard InChI is InChI=1S/C13H15BrN2O2.C8H9ClO.2C5H7BrN2O.C3H3BrN2.C2H5BrO/c1-17-12-4-2-11(3-5-12)10-18-9-8-16-7-6-13(14)15-16;1-10-8-4-2-7(6-9)3-5-8;6-5-1-2-8(7-5)3-4-9;6-5-1-2-7-8(5)3-4-9;4-3-1-2-5-6-3;3-1-2-4/h2-7H,8-10H2,1H3;2-5H,6H2,1H3;2*1-2,9H,3-4H2;1-2H,(H,5,6);4H,1-2H2. The summed E-state index contributed by atoms with van der Waals surface area (Å²) < 4.78 is 24.3. The molecule has 4 aromatic heterocycles. The Morgan fingerprint density at radius 3 is 1.57 bits per heavy atom. The molecule has 308 valence electrons. The molecule has 14 nitrogen and oxygen atoms in total. The van der Waals surface area contributed by atoms with Crippen LogP contribution in [0.2, 0.25) is 0 Å². The number of rotatable bonds is 13. The molecule has 0 radical (unpaired) electrons. The third-order valence-electron chi connectivity index (χ3n) is 6.28. The van der Waals surface area contributed by atoms with Gasteiger partial charge in [-0.1, -0.05) is 40.2 Å². The number of hydrogen-bond donors (Lipinski definition) is 4. The monoisotopic (exact) mass is 1120 g/mol. The summed E-state index contributed by atoms with van der Waals surface area (Å²) in [5.74, 6) is 2.29. The highest BCUT2D eigenvalue weighted by atomic mass is 79.9. The number of aromatic amines is 1. The molecule has 0 aliphatic carbocycles. The molecule has 0 bridgehead atoms. The summed E-state index contributed by atoms with van der Waals surface area (Å²) in [6, 6.07) is 23.0. The lowest BCUT2D eigenvalue weighted by molar-refractivity contribution is 0.111. The molecule has 0 aliphatic heterocycles. The van der Waals surface area contributed by atoms with Gasteiger partial charge >= 0.3 is 0 Å². The summed E-state index contributed by atoms with van der Waals surface area (Å²) >= 11 is 21.5. The highest BCUT2D eigenvalue weighted by molar-refractivity contribution is 9.11. The molecule has 0 amide bonds. The molecule has 0 saturated heterocycles. The number of alkyl halides is 2. The summed E-state index contributed by atoms with van der Waals surface area (Å²) in [4.78, 5) is 0. The number of nitrogens with one attached hydrogen (secondary N) is 1. The molecule has 4 heterocycles. The molecule has 56 heavy (non-hydrogen) atoms. The lowest BCUT2D eigenvalue weighted by Crippen LogP contribution is -2.06. The summed E-state index contributed by atoms with van der Waals surface area (Å²) in [5, 5.41) is 43.9. The van der Waals surface area contributed by atoms with Crippen molar-refractivity contribution in [1.29, 1.82) is 0 Å². The molecule has 2 aromatic carbocycles. The van der Waals surface area contributed by atoms with E-state index in [1.54, 1.807) is 42.2 Å². The van der Waals surface area contributed by atoms with Crippen molar-refractivity contribution in [1.82, 2.24) is 39.5 Å². The van der Waals surface area contributed by atoms with Crippen LogP contribution in [0.15, 0.2) is 116 Å². The molecule has 0 unspecified atom stereocenters. The average Bonchev–Trinajstić information content (AvgIpc) is 4.06. The quantitative estimate of drug-likeness (QED) is 0.0655. The van der Waals surface area contributed by atoms with Gasteiger partial charge in [-0.25, -0.2) is 0 Å². The van der Waals surface area contributed by atoms with Crippen molar-refractivity contribution < 1.29 is 29.5 Å². The Morgan fingerprint density at radius 2 is 1.21 bits per heavy atom. The Bertz CT molecular complexity index is 1750. The predicted octanol–water partition coefficient (Wildman–Crippen LogP) is 8.13. The summed E-state index contributed by atoms with van der Waals surface area (Å²) in [5.41, 5.74) is 2.25. The number of hydrogen-bond acceptors (Lipinski definition) is 10. The number of benzene rings is 2. The van der Waals surface area contributed by atoms with Gasteiger partial charge in [0.2, 0.25) is 0 Å². The Hall–Kier alpha value is -2.59. The van der Waals surface area contributed by atoms with Gasteiger partial charge in [-0.15, -0.1) is 11.6 Å². The first kappa shape index (κ1) is 51.4. The molecule has 6 aromatic rings. The number of aromatic nitrogens is 8. The van der Waals surface area contributed by atoms with Crippen LogP contribution in [-0.4, -0.2) is 101 Å². The van der Waals surface area contributed by atoms with Gasteiger partial charge < -0.3 is 29.5 Å². The highest BCUT2D eigenvalue weighted by Gasteiger charge is 1.98. The third-order valence-corrected chi connectivity index (χ3v) is 8.90. The van der Waals surface area contributed by atoms with E-state index in [1.165, 1.54) is 0 Å². The van der Waals surface area contributed by atoms with Crippen LogP contribution >= 0.6 is 91.3 Å². The second kappa shape index (κ2) is 33.4. The molecule has 0 spiro atoms. The fraction of sp³-hybridized carbons (Fsp3) is 0.333. The molecule has 0 aliphatic rings. The van der Waals surface area contributed by atoms with Crippen molar-refractivity contribution in [2.75, 3.05) is 46.0 Å². The van der Waals surface area contributed by atoms with E-state index >= 15 is 0 Å². The van der Waals surface area contributed by atoms with E-state index in [0.29, 0.717) is 37.5 Å². The van der Waals surface area contributed by atoms with Gasteiger partial charge in [0.05, 0.1) is 73.1 Å². The number of halogens is 6. The minimum absolute atomic E-state index is 0.125. The molecule has 4 N–H and O–H groups in total. The van der Waals surface area contributed by atoms with Crippen molar-refractivity contribution in [3.8, 4) is 11.5 Å². The predicted molar refractivity (Wildman–Crippen MR) is 236 cm³/mol. The third kappa shape index (κ3) is 24.9. The molecule has 6 rings (SSSR count). The first-order valence-electron chi connectivity index (χ1n) is 16.6. The fourth-order valence-electron chi connectivity index (χ4n) is 3.62. The van der Waals surface area contributed by atoms with E-state index in [-0.39, 0.29) is 19.8 Å². The van der Waals surface area contributed by atoms with Gasteiger partial charge in [-0.3, -0.25) is 19.1 Å². The maximum atomic E-state index is 8.48. The van der Waals surface area contributed by atoms with E-state index in [4.69, 9.17) is 41.1 Å². The number of aliphatic hydroxyl groups is 3. The van der Waals surface area contributed by atoms with Crippen LogP contribution in [0, 0.1) is 0 Å². The van der Waals surface area contributed by atoms with E-state index in [0.717, 1.165) is 47.6 Å². The van der Waals surface area contributed by atoms with Crippen molar-refractivity contribution >= 4 is 91.3 Å². The zero-order chi connectivity index (χ0) is 41.4. The molecule has 20 heteroatoms. The second-order valence-electron chi connectivity index (χ2n) is 10.3. The summed E-state index contributed by atoms with van der Waals surface area (Å²) in [7, 11) is 3.31. The first-order chi connectivity index (χ1) is 27.1. The van der Waals surface area contributed by atoms with Crippen LogP contribution in [0.5, 0.6) is 11.5 Å². The lowest BCUT2D eigenvalue weighted by Gasteiger charge is -2.05. The molecular formula is C36H46Br5ClN8O6. The van der Waals surface area contributed by atoms with E-state index in [9.17, 15) is 0 Å². The summed E-state index contributed by atoms with van der Waals surface area (Å²) in [6.45, 7) is 3.60. The minimum Gasteiger partial charge on any atom is -0.497 e. The van der Waals surface area contributed by atoms with Crippen LogP contribution in [-0.2, 0) is 36.9 Å². The Balaban J connectivity index is 0.000000358. The largest absolute Gasteiger partial charge is 0.497 e. The van der Waals surface area contributed by atoms with Crippen LogP contribution in [0.25, 0.3) is 0 Å². The number of ether oxygens (including phenoxy) is 3. The normalized spacial score (nSPS) is 9.77. The number of nitrogens with zero attached hydrogens (tertiary/aromatic N) is 7. The van der Waals surface area contributed by atoms with E-state index in [2.05, 4.69) is 105 Å². The van der Waals surface area contributed by atoms with Crippen molar-refractivity contribution in [3.05, 3.63) is 127 Å². The van der Waals surface area contributed by atoms with Gasteiger partial charge in [-0.2, -0.15) is 20.4 Å². The molecule has 0 saturated carbocycles. The number of aliphatic hydroxyl groups excluding tert-OH is 3. The topological polar surface area (TPSA) is 171 Å². The highest BCUT2D eigenvalue weighted by Crippen LogP contribution is 2.13. The fourth-order valence-corrected chi connectivity index (χ4v) is 5.05. The maximum absolute atomic E-state index is 8.48. The van der Waals surface area contributed by atoms with Crippen LogP contribution < -0.4 is 9.47 Å². The second-order valence-corrected chi connectivity index (χ2v) is 14.7. The van der Waals surface area contributed by atoms with Crippen molar-refractivity contribution in [3.63, 3.8) is 0 Å². The van der Waals surface area contributed by atoms with Gasteiger partial charge in [0.1, 0.15) is 29.9 Å². The minimum atomic E-state index is 0.125. The van der Waals surface area contributed by atoms with Gasteiger partial charge in [0.15, 0.2) is 0 Å². The zero-order valence-electron chi connectivity index (χ0n) is 30.8. The average molecular weight is 1120 g/mol. The number of H-pyrrole nitrogens is 1. The van der Waals surface area contributed by atoms with Crippen molar-refractivity contribution in [2.45, 2.75) is 32.1 Å². The van der Waals surface area contributed by atoms with Crippen LogP contribution in [0.1, 0.15) is 11.1 Å². The first-order valence-corrected chi connectivity index (χ1v) is 21.4. The van der Waals surface area contributed by atoms with E-state index in [1.807, 2.05) is 83.7 Å². The Morgan fingerprint density at radius 1 is 0.679 bits per heavy atom. The molecule has 0 fully saturated rings. The summed E-state index contributed by atoms with van der Waals surface area (Å²) in [6.07, 6.45) is 7.09. The van der Waals surface area contributed by atoms with Gasteiger partial charge in [0.25, 0.3) is 0 Å². The van der Waals surface area contributed by atoms with Gasteiger partial charge in [-0.05, 0) is 123 Å². The zero-order valence-corrected chi connectivity index (χ0v) is 39.5. The molecule has 0 atom stereocenters. The molecular weight excluding hydrogens is 1080 g/mol. The maximum Gasteiger partial charge on any atom is 0.128 e. The SMILES string of the molecule is Brc1ccn[nH]1.COc1ccc(CCl)cc1.COc1ccc(COCCn2ccc(Br)n2)cc1.OCCBr.OCCn1ccc(Br)n1.OCCn1nccc1Br. The van der Waals surface area contributed by atoms with Crippen LogP contribution in [0.3, 0.4) is 0 Å². The Kier molecular flexibility index (Phi) is 30.7. The van der Waals surface area contributed by atoms with E-state index < -0.39 is 0 Å². The number of methoxy groups -OCH3 is 2. The Labute approximate surface area is 374 Å².